The quantitative estimate of drug-likeness (QED) is 0.306. The van der Waals surface area contributed by atoms with Gasteiger partial charge in [0, 0.05) is 0 Å². The fourth-order valence-electron chi connectivity index (χ4n) is 3.64. The van der Waals surface area contributed by atoms with Gasteiger partial charge in [0.25, 0.3) is 0 Å². The minimum absolute atomic E-state index is 0.0231. The molecule has 0 aliphatic heterocycles. The van der Waals surface area contributed by atoms with Gasteiger partial charge in [-0.15, -0.1) is 0 Å². The molecule has 0 fully saturated rings. The van der Waals surface area contributed by atoms with Crippen LogP contribution in [-0.4, -0.2) is 20.1 Å². The van der Waals surface area contributed by atoms with Gasteiger partial charge in [0.05, 0.1) is 11.7 Å². The number of benzene rings is 1. The number of rotatable bonds is 16. The third-order valence-corrected chi connectivity index (χ3v) is 6.88. The second kappa shape index (κ2) is 14.6. The van der Waals surface area contributed by atoms with Gasteiger partial charge >= 0.3 is 0 Å². The van der Waals surface area contributed by atoms with Crippen molar-refractivity contribution in [2.24, 2.45) is 5.92 Å². The lowest BCUT2D eigenvalue weighted by molar-refractivity contribution is -0.120. The summed E-state index contributed by atoms with van der Waals surface area (Å²) in [5.74, 6) is -0.332. The van der Waals surface area contributed by atoms with E-state index < -0.39 is 21.8 Å². The van der Waals surface area contributed by atoms with Crippen LogP contribution in [0.25, 0.3) is 0 Å². The van der Waals surface area contributed by atoms with E-state index in [-0.39, 0.29) is 5.75 Å². The fourth-order valence-corrected chi connectivity index (χ4v) is 4.81. The maximum Gasteiger partial charge on any atom is 0.240 e. The molecule has 30 heavy (non-hydrogen) atoms. The van der Waals surface area contributed by atoms with Crippen molar-refractivity contribution in [3.63, 3.8) is 0 Å². The van der Waals surface area contributed by atoms with E-state index in [1.165, 1.54) is 50.5 Å². The molecule has 0 saturated carbocycles. The zero-order valence-electron chi connectivity index (χ0n) is 19.6. The molecule has 5 heteroatoms. The van der Waals surface area contributed by atoms with Crippen LogP contribution in [-0.2, 0) is 21.2 Å². The van der Waals surface area contributed by atoms with Gasteiger partial charge in [0.15, 0.2) is 0 Å². The summed E-state index contributed by atoms with van der Waals surface area (Å²) in [7, 11) is -3.57. The monoisotopic (exact) mass is 437 g/mol. The van der Waals surface area contributed by atoms with Gasteiger partial charge in [-0.05, 0) is 36.8 Å². The summed E-state index contributed by atoms with van der Waals surface area (Å²) in [5, 5.41) is 0. The molecule has 4 nitrogen and oxygen atoms in total. The van der Waals surface area contributed by atoms with Crippen molar-refractivity contribution < 1.29 is 13.2 Å². The van der Waals surface area contributed by atoms with E-state index in [0.717, 1.165) is 24.8 Å². The Morgan fingerprint density at radius 2 is 1.33 bits per heavy atom. The molecule has 0 unspecified atom stereocenters. The summed E-state index contributed by atoms with van der Waals surface area (Å²) in [6, 6.07) is 7.91. The highest BCUT2D eigenvalue weighted by Gasteiger charge is 2.21. The molecule has 1 amide bonds. The van der Waals surface area contributed by atoms with E-state index >= 15 is 0 Å². The van der Waals surface area contributed by atoms with Crippen molar-refractivity contribution in [1.29, 1.82) is 0 Å². The highest BCUT2D eigenvalue weighted by molar-refractivity contribution is 7.90. The standard InChI is InChI=1S/C25H43NO3S/c1-5-6-7-8-9-10-11-12-13-14-19-30(28,29)26-25(27)22(4)24-17-15-23(16-18-24)20-21(2)3/h15-18,21-22H,5-14,19-20H2,1-4H3,(H,26,27)/t22-/m1/s1. The topological polar surface area (TPSA) is 63.2 Å². The summed E-state index contributed by atoms with van der Waals surface area (Å²) in [6.07, 6.45) is 12.5. The van der Waals surface area contributed by atoms with Gasteiger partial charge in [-0.25, -0.2) is 8.42 Å². The Morgan fingerprint density at radius 3 is 1.83 bits per heavy atom. The molecule has 1 aromatic rings. The lowest BCUT2D eigenvalue weighted by atomic mass is 9.96. The normalized spacial score (nSPS) is 12.8. The fraction of sp³-hybridized carbons (Fsp3) is 0.720. The largest absolute Gasteiger partial charge is 0.273 e. The molecule has 1 aromatic carbocycles. The van der Waals surface area contributed by atoms with Crippen LogP contribution in [0.4, 0.5) is 0 Å². The molecule has 0 saturated heterocycles. The maximum atomic E-state index is 12.4. The molecular weight excluding hydrogens is 394 g/mol. The van der Waals surface area contributed by atoms with Crippen LogP contribution in [0.3, 0.4) is 0 Å². The van der Waals surface area contributed by atoms with E-state index in [9.17, 15) is 13.2 Å². The van der Waals surface area contributed by atoms with Crippen molar-refractivity contribution in [3.05, 3.63) is 35.4 Å². The number of sulfonamides is 1. The van der Waals surface area contributed by atoms with Crippen LogP contribution in [0.2, 0.25) is 0 Å². The number of carbonyl (C=O) groups is 1. The zero-order chi connectivity index (χ0) is 22.4. The van der Waals surface area contributed by atoms with Crippen molar-refractivity contribution in [1.82, 2.24) is 4.72 Å². The first-order chi connectivity index (χ1) is 14.2. The summed E-state index contributed by atoms with van der Waals surface area (Å²) < 4.78 is 26.8. The number of carbonyl (C=O) groups excluding carboxylic acids is 1. The van der Waals surface area contributed by atoms with Crippen molar-refractivity contribution in [2.45, 2.75) is 104 Å². The summed E-state index contributed by atoms with van der Waals surface area (Å²) in [4.78, 5) is 12.4. The Labute approximate surface area is 185 Å². The number of nitrogens with one attached hydrogen (secondary N) is 1. The van der Waals surface area contributed by atoms with Gasteiger partial charge in [-0.2, -0.15) is 0 Å². The van der Waals surface area contributed by atoms with E-state index in [4.69, 9.17) is 0 Å². The molecule has 0 aliphatic rings. The second-order valence-electron chi connectivity index (χ2n) is 9.03. The molecule has 1 rings (SSSR count). The molecule has 0 aliphatic carbocycles. The molecule has 0 heterocycles. The Bertz CT molecular complexity index is 696. The van der Waals surface area contributed by atoms with Crippen molar-refractivity contribution in [3.8, 4) is 0 Å². The molecule has 0 spiro atoms. The third kappa shape index (κ3) is 11.7. The van der Waals surface area contributed by atoms with Gasteiger partial charge in [0.2, 0.25) is 15.9 Å². The van der Waals surface area contributed by atoms with Gasteiger partial charge in [0.1, 0.15) is 0 Å². The van der Waals surface area contributed by atoms with Crippen LogP contribution in [0.5, 0.6) is 0 Å². The minimum atomic E-state index is -3.57. The third-order valence-electron chi connectivity index (χ3n) is 5.54. The van der Waals surface area contributed by atoms with Crippen molar-refractivity contribution in [2.75, 3.05) is 5.75 Å². The van der Waals surface area contributed by atoms with Gasteiger partial charge in [-0.1, -0.05) is 103 Å². The minimum Gasteiger partial charge on any atom is -0.273 e. The molecular formula is C25H43NO3S. The van der Waals surface area contributed by atoms with Gasteiger partial charge in [-0.3, -0.25) is 9.52 Å². The highest BCUT2D eigenvalue weighted by atomic mass is 32.2. The second-order valence-corrected chi connectivity index (χ2v) is 10.9. The molecule has 172 valence electrons. The van der Waals surface area contributed by atoms with Gasteiger partial charge < -0.3 is 0 Å². The molecule has 0 aromatic heterocycles. The Hall–Kier alpha value is -1.36. The van der Waals surface area contributed by atoms with E-state index in [2.05, 4.69) is 25.5 Å². The Balaban J connectivity index is 2.29. The predicted octanol–water partition coefficient (Wildman–Crippen LogP) is 6.36. The van der Waals surface area contributed by atoms with Crippen LogP contribution >= 0.6 is 0 Å². The summed E-state index contributed by atoms with van der Waals surface area (Å²) >= 11 is 0. The Morgan fingerprint density at radius 1 is 0.833 bits per heavy atom. The first-order valence-corrected chi connectivity index (χ1v) is 13.5. The predicted molar refractivity (Wildman–Crippen MR) is 127 cm³/mol. The lowest BCUT2D eigenvalue weighted by Crippen LogP contribution is -2.35. The Kier molecular flexibility index (Phi) is 13.0. The van der Waals surface area contributed by atoms with Crippen LogP contribution in [0.15, 0.2) is 24.3 Å². The number of amides is 1. The molecule has 0 bridgehead atoms. The lowest BCUT2D eigenvalue weighted by Gasteiger charge is -2.14. The number of hydrogen-bond donors (Lipinski definition) is 1. The average molecular weight is 438 g/mol. The summed E-state index contributed by atoms with van der Waals surface area (Å²) in [5.41, 5.74) is 2.07. The summed E-state index contributed by atoms with van der Waals surface area (Å²) in [6.45, 7) is 8.32. The SMILES string of the molecule is CCCCCCCCCCCCS(=O)(=O)NC(=O)[C@H](C)c1ccc(CC(C)C)cc1. The first-order valence-electron chi connectivity index (χ1n) is 11.9. The van der Waals surface area contributed by atoms with E-state index in [1.54, 1.807) is 6.92 Å². The average Bonchev–Trinajstić information content (AvgIpc) is 2.68. The van der Waals surface area contributed by atoms with E-state index in [1.807, 2.05) is 24.3 Å². The van der Waals surface area contributed by atoms with Crippen LogP contribution < -0.4 is 4.72 Å². The first kappa shape index (κ1) is 26.7. The highest BCUT2D eigenvalue weighted by Crippen LogP contribution is 2.18. The molecule has 1 N–H and O–H groups in total. The number of hydrogen-bond acceptors (Lipinski definition) is 3. The molecule has 0 radical (unpaired) electrons. The zero-order valence-corrected chi connectivity index (χ0v) is 20.4. The number of unbranched alkanes of at least 4 members (excludes halogenated alkanes) is 9. The van der Waals surface area contributed by atoms with Crippen molar-refractivity contribution >= 4 is 15.9 Å². The molecule has 1 atom stereocenters. The van der Waals surface area contributed by atoms with E-state index in [0.29, 0.717) is 12.3 Å². The van der Waals surface area contributed by atoms with Crippen LogP contribution in [0.1, 0.15) is 109 Å². The van der Waals surface area contributed by atoms with Crippen LogP contribution in [0, 0.1) is 5.92 Å². The maximum absolute atomic E-state index is 12.4. The smallest absolute Gasteiger partial charge is 0.240 e.